The molecule has 0 spiro atoms. The zero-order valence-corrected chi connectivity index (χ0v) is 20.9. The van der Waals surface area contributed by atoms with Crippen molar-refractivity contribution in [2.75, 3.05) is 19.1 Å². The van der Waals surface area contributed by atoms with E-state index in [-0.39, 0.29) is 17.9 Å². The molecule has 1 N–H and O–H groups in total. The van der Waals surface area contributed by atoms with Gasteiger partial charge in [0.25, 0.3) is 5.91 Å². The van der Waals surface area contributed by atoms with Gasteiger partial charge in [-0.05, 0) is 55.3 Å². The molecule has 8 heteroatoms. The van der Waals surface area contributed by atoms with Crippen molar-refractivity contribution < 1.29 is 19.1 Å². The number of anilines is 1. The first-order valence-electron chi connectivity index (χ1n) is 11.8. The van der Waals surface area contributed by atoms with Crippen LogP contribution in [0, 0.1) is 5.92 Å². The van der Waals surface area contributed by atoms with Gasteiger partial charge in [-0.25, -0.2) is 0 Å². The summed E-state index contributed by atoms with van der Waals surface area (Å²) in [6.07, 6.45) is 4.36. The second kappa shape index (κ2) is 8.65. The number of ether oxygens (including phenoxy) is 2. The minimum Gasteiger partial charge on any atom is -0.497 e. The SMILES string of the molecule is COc1ccc(OC)c(N2C(=O)c3cc4sccc4n3C[C@]2(C)C(=O)N[C@H]2CCCC[C@@H]2C)c1. The summed E-state index contributed by atoms with van der Waals surface area (Å²) in [7, 11) is 3.15. The zero-order valence-electron chi connectivity index (χ0n) is 20.1. The normalized spacial score (nSPS) is 24.7. The summed E-state index contributed by atoms with van der Waals surface area (Å²) in [6.45, 7) is 4.40. The lowest BCUT2D eigenvalue weighted by molar-refractivity contribution is -0.127. The topological polar surface area (TPSA) is 72.8 Å². The Balaban J connectivity index is 1.64. The van der Waals surface area contributed by atoms with Crippen LogP contribution in [-0.4, -0.2) is 42.2 Å². The molecule has 0 saturated heterocycles. The first-order valence-corrected chi connectivity index (χ1v) is 12.7. The predicted octanol–water partition coefficient (Wildman–Crippen LogP) is 4.83. The van der Waals surface area contributed by atoms with Gasteiger partial charge in [0.15, 0.2) is 0 Å². The maximum atomic E-state index is 14.1. The molecule has 5 rings (SSSR count). The summed E-state index contributed by atoms with van der Waals surface area (Å²) in [5.74, 6) is 1.14. The summed E-state index contributed by atoms with van der Waals surface area (Å²) < 4.78 is 14.1. The molecular weight excluding hydrogens is 450 g/mol. The third kappa shape index (κ3) is 3.55. The van der Waals surface area contributed by atoms with Crippen molar-refractivity contribution in [2.45, 2.75) is 57.7 Å². The Labute approximate surface area is 203 Å². The number of amides is 2. The van der Waals surface area contributed by atoms with Gasteiger partial charge in [-0.2, -0.15) is 0 Å². The maximum absolute atomic E-state index is 14.1. The smallest absolute Gasteiger partial charge is 0.276 e. The Kier molecular flexibility index (Phi) is 5.80. The van der Waals surface area contributed by atoms with Crippen LogP contribution in [0.3, 0.4) is 0 Å². The lowest BCUT2D eigenvalue weighted by Crippen LogP contribution is -2.65. The van der Waals surface area contributed by atoms with Gasteiger partial charge >= 0.3 is 0 Å². The van der Waals surface area contributed by atoms with Gasteiger partial charge in [0.05, 0.1) is 36.7 Å². The van der Waals surface area contributed by atoms with E-state index in [0.29, 0.717) is 35.3 Å². The molecule has 0 radical (unpaired) electrons. The number of rotatable bonds is 5. The van der Waals surface area contributed by atoms with E-state index in [9.17, 15) is 9.59 Å². The minimum absolute atomic E-state index is 0.106. The van der Waals surface area contributed by atoms with E-state index < -0.39 is 5.54 Å². The number of methoxy groups -OCH3 is 2. The Hall–Kier alpha value is -3.00. The fraction of sp³-hybridized carbons (Fsp3) is 0.462. The molecule has 1 aliphatic carbocycles. The number of fused-ring (bicyclic) bond motifs is 3. The van der Waals surface area contributed by atoms with Crippen LogP contribution in [0.4, 0.5) is 5.69 Å². The number of nitrogens with zero attached hydrogens (tertiary/aromatic N) is 2. The molecule has 0 unspecified atom stereocenters. The van der Waals surface area contributed by atoms with Crippen molar-refractivity contribution in [3.05, 3.63) is 41.4 Å². The van der Waals surface area contributed by atoms with Crippen LogP contribution in [0.15, 0.2) is 35.7 Å². The molecule has 1 aromatic carbocycles. The molecule has 3 atom stereocenters. The molecule has 3 aromatic rings. The fourth-order valence-corrected chi connectivity index (χ4v) is 6.24. The van der Waals surface area contributed by atoms with Gasteiger partial charge in [0.2, 0.25) is 5.91 Å². The highest BCUT2D eigenvalue weighted by molar-refractivity contribution is 7.17. The fourth-order valence-electron chi connectivity index (χ4n) is 5.42. The van der Waals surface area contributed by atoms with E-state index in [4.69, 9.17) is 9.47 Å². The van der Waals surface area contributed by atoms with Gasteiger partial charge in [0.1, 0.15) is 22.7 Å². The average molecular weight is 482 g/mol. The van der Waals surface area contributed by atoms with Crippen molar-refractivity contribution in [1.82, 2.24) is 9.88 Å². The van der Waals surface area contributed by atoms with Crippen LogP contribution in [0.1, 0.15) is 50.0 Å². The highest BCUT2D eigenvalue weighted by atomic mass is 32.1. The van der Waals surface area contributed by atoms with E-state index in [1.165, 1.54) is 6.42 Å². The predicted molar refractivity (Wildman–Crippen MR) is 134 cm³/mol. The van der Waals surface area contributed by atoms with Crippen LogP contribution in [-0.2, 0) is 11.3 Å². The van der Waals surface area contributed by atoms with Gasteiger partial charge in [-0.15, -0.1) is 11.3 Å². The summed E-state index contributed by atoms with van der Waals surface area (Å²) in [5, 5.41) is 5.33. The quantitative estimate of drug-likeness (QED) is 0.566. The monoisotopic (exact) mass is 481 g/mol. The average Bonchev–Trinajstić information content (AvgIpc) is 3.43. The number of carbonyl (C=O) groups is 2. The van der Waals surface area contributed by atoms with Gasteiger partial charge in [0, 0.05) is 12.1 Å². The number of nitrogens with one attached hydrogen (secondary N) is 1. The lowest BCUT2D eigenvalue weighted by Gasteiger charge is -2.45. The molecule has 180 valence electrons. The summed E-state index contributed by atoms with van der Waals surface area (Å²) in [4.78, 5) is 29.7. The molecule has 34 heavy (non-hydrogen) atoms. The second-order valence-electron chi connectivity index (χ2n) is 9.58. The van der Waals surface area contributed by atoms with Crippen molar-refractivity contribution in [1.29, 1.82) is 0 Å². The Morgan fingerprint density at radius 1 is 1.15 bits per heavy atom. The molecule has 2 aromatic heterocycles. The van der Waals surface area contributed by atoms with Crippen molar-refractivity contribution in [3.63, 3.8) is 0 Å². The highest BCUT2D eigenvalue weighted by Gasteiger charge is 2.50. The highest BCUT2D eigenvalue weighted by Crippen LogP contribution is 2.42. The Bertz CT molecular complexity index is 1250. The minimum atomic E-state index is -1.16. The molecular formula is C26H31N3O4S. The number of thiophene rings is 1. The largest absolute Gasteiger partial charge is 0.497 e. The third-order valence-electron chi connectivity index (χ3n) is 7.45. The Morgan fingerprint density at radius 2 is 1.94 bits per heavy atom. The first-order chi connectivity index (χ1) is 16.4. The Morgan fingerprint density at radius 3 is 2.68 bits per heavy atom. The second-order valence-corrected chi connectivity index (χ2v) is 10.5. The maximum Gasteiger partial charge on any atom is 0.276 e. The number of hydrogen-bond donors (Lipinski definition) is 1. The molecule has 0 bridgehead atoms. The van der Waals surface area contributed by atoms with Crippen molar-refractivity contribution in [3.8, 4) is 11.5 Å². The van der Waals surface area contributed by atoms with E-state index in [1.54, 1.807) is 48.7 Å². The van der Waals surface area contributed by atoms with Crippen LogP contribution in [0.25, 0.3) is 10.2 Å². The molecule has 1 saturated carbocycles. The van der Waals surface area contributed by atoms with Gasteiger partial charge < -0.3 is 19.4 Å². The molecule has 3 heterocycles. The van der Waals surface area contributed by atoms with E-state index >= 15 is 0 Å². The molecule has 1 fully saturated rings. The number of hydrogen-bond acceptors (Lipinski definition) is 5. The lowest BCUT2D eigenvalue weighted by atomic mass is 9.84. The van der Waals surface area contributed by atoms with E-state index in [1.807, 2.05) is 29.0 Å². The van der Waals surface area contributed by atoms with Gasteiger partial charge in [-0.3, -0.25) is 14.5 Å². The van der Waals surface area contributed by atoms with Crippen LogP contribution >= 0.6 is 11.3 Å². The number of carbonyl (C=O) groups excluding carboxylic acids is 2. The van der Waals surface area contributed by atoms with Gasteiger partial charge in [-0.1, -0.05) is 19.8 Å². The summed E-state index contributed by atoms with van der Waals surface area (Å²) in [5.41, 5.74) is 0.921. The van der Waals surface area contributed by atoms with Crippen LogP contribution in [0.2, 0.25) is 0 Å². The number of benzene rings is 1. The van der Waals surface area contributed by atoms with E-state index in [2.05, 4.69) is 12.2 Å². The molecule has 2 aliphatic rings. The van der Waals surface area contributed by atoms with Crippen LogP contribution in [0.5, 0.6) is 11.5 Å². The van der Waals surface area contributed by atoms with Crippen molar-refractivity contribution >= 4 is 39.1 Å². The third-order valence-corrected chi connectivity index (χ3v) is 8.30. The molecule has 2 amide bonds. The summed E-state index contributed by atoms with van der Waals surface area (Å²) in [6, 6.07) is 9.37. The van der Waals surface area contributed by atoms with Crippen molar-refractivity contribution in [2.24, 2.45) is 5.92 Å². The van der Waals surface area contributed by atoms with E-state index in [0.717, 1.165) is 29.5 Å². The van der Waals surface area contributed by atoms with Crippen LogP contribution < -0.4 is 19.7 Å². The molecule has 1 aliphatic heterocycles. The zero-order chi connectivity index (χ0) is 24.0. The summed E-state index contributed by atoms with van der Waals surface area (Å²) >= 11 is 1.59. The standard InChI is InChI=1S/C26H31N3O4S/c1-16-7-5-6-8-18(16)27-25(31)26(2)15-28-19-11-12-34-23(19)14-21(28)24(30)29(26)20-13-17(32-3)9-10-22(20)33-4/h9-14,16,18H,5-8,15H2,1-4H3,(H,27,31)/t16-,18-,26+/m0/s1. The number of aromatic nitrogens is 1. The molecule has 7 nitrogen and oxygen atoms in total. The first kappa shape index (κ1) is 22.8.